The van der Waals surface area contributed by atoms with Crippen LogP contribution in [0, 0.1) is 11.3 Å². The van der Waals surface area contributed by atoms with Gasteiger partial charge in [-0.15, -0.1) is 11.3 Å². The monoisotopic (exact) mass is 288 g/mol. The highest BCUT2D eigenvalue weighted by Crippen LogP contribution is 2.38. The van der Waals surface area contributed by atoms with Crippen LogP contribution in [0.1, 0.15) is 4.88 Å². The molecular formula is C10H16N4O2S2. The number of nitrogens with one attached hydrogen (secondary N) is 1. The topological polar surface area (TPSA) is 99.2 Å². The van der Waals surface area contributed by atoms with Gasteiger partial charge in [0.2, 0.25) is 0 Å². The SMILES string of the molecule is CN(C)CCNc1sc(C#N)c(N)c1S(C)(=O)=O. The Balaban J connectivity index is 3.08. The van der Waals surface area contributed by atoms with Crippen LogP contribution < -0.4 is 11.1 Å². The van der Waals surface area contributed by atoms with Gasteiger partial charge in [0.1, 0.15) is 20.8 Å². The van der Waals surface area contributed by atoms with E-state index in [0.29, 0.717) is 11.5 Å². The van der Waals surface area contributed by atoms with E-state index in [0.717, 1.165) is 24.1 Å². The summed E-state index contributed by atoms with van der Waals surface area (Å²) in [7, 11) is 0.393. The molecule has 1 aromatic rings. The minimum Gasteiger partial charge on any atom is -0.396 e. The van der Waals surface area contributed by atoms with E-state index < -0.39 is 9.84 Å². The Kier molecular flexibility index (Phi) is 4.56. The lowest BCUT2D eigenvalue weighted by Crippen LogP contribution is -2.21. The van der Waals surface area contributed by atoms with Gasteiger partial charge in [-0.2, -0.15) is 5.26 Å². The Morgan fingerprint density at radius 1 is 1.50 bits per heavy atom. The molecule has 3 N–H and O–H groups in total. The van der Waals surface area contributed by atoms with Crippen LogP contribution in [0.25, 0.3) is 0 Å². The Bertz CT molecular complexity index is 569. The maximum absolute atomic E-state index is 11.7. The Hall–Kier alpha value is -1.30. The van der Waals surface area contributed by atoms with Crippen LogP contribution in [-0.2, 0) is 9.84 Å². The van der Waals surface area contributed by atoms with Crippen molar-refractivity contribution in [3.8, 4) is 6.07 Å². The predicted molar refractivity (Wildman–Crippen MR) is 73.6 cm³/mol. The highest BCUT2D eigenvalue weighted by atomic mass is 32.2. The molecule has 18 heavy (non-hydrogen) atoms. The lowest BCUT2D eigenvalue weighted by Gasteiger charge is -2.11. The Labute approximate surface area is 111 Å². The van der Waals surface area contributed by atoms with Gasteiger partial charge in [-0.05, 0) is 14.1 Å². The van der Waals surface area contributed by atoms with Crippen LogP contribution in [0.2, 0.25) is 0 Å². The molecule has 0 aliphatic carbocycles. The van der Waals surface area contributed by atoms with Crippen LogP contribution >= 0.6 is 11.3 Å². The summed E-state index contributed by atoms with van der Waals surface area (Å²) in [5.74, 6) is 0. The molecule has 0 aromatic carbocycles. The van der Waals surface area contributed by atoms with Gasteiger partial charge in [-0.1, -0.05) is 0 Å². The van der Waals surface area contributed by atoms with Gasteiger partial charge in [0.05, 0.1) is 5.69 Å². The summed E-state index contributed by atoms with van der Waals surface area (Å²) in [4.78, 5) is 2.22. The number of nitrogens with zero attached hydrogens (tertiary/aromatic N) is 2. The van der Waals surface area contributed by atoms with Crippen LogP contribution in [0.5, 0.6) is 0 Å². The molecule has 0 amide bonds. The minimum absolute atomic E-state index is 0.0304. The molecule has 1 rings (SSSR count). The van der Waals surface area contributed by atoms with Crippen molar-refractivity contribution < 1.29 is 8.42 Å². The van der Waals surface area contributed by atoms with Crippen molar-refractivity contribution in [2.75, 3.05) is 44.5 Å². The number of thiophene rings is 1. The highest BCUT2D eigenvalue weighted by molar-refractivity contribution is 7.91. The van der Waals surface area contributed by atoms with Gasteiger partial charge in [-0.25, -0.2) is 8.42 Å². The van der Waals surface area contributed by atoms with Crippen molar-refractivity contribution in [3.05, 3.63) is 4.88 Å². The third-order valence-corrected chi connectivity index (χ3v) is 4.58. The summed E-state index contributed by atoms with van der Waals surface area (Å²) in [6.45, 7) is 1.34. The summed E-state index contributed by atoms with van der Waals surface area (Å²) in [5.41, 5.74) is 5.73. The standard InChI is InChI=1S/C10H16N4O2S2/c1-14(2)5-4-13-10-9(18(3,15)16)8(12)7(6-11)17-10/h13H,4-5,12H2,1-3H3. The lowest BCUT2D eigenvalue weighted by atomic mass is 10.4. The number of nitrogens with two attached hydrogens (primary N) is 1. The zero-order valence-electron chi connectivity index (χ0n) is 10.5. The molecule has 0 saturated heterocycles. The van der Waals surface area contributed by atoms with E-state index in [1.807, 2.05) is 25.1 Å². The van der Waals surface area contributed by atoms with Gasteiger partial charge in [0.15, 0.2) is 9.84 Å². The fourth-order valence-electron chi connectivity index (χ4n) is 1.39. The maximum Gasteiger partial charge on any atom is 0.180 e. The molecule has 0 aliphatic rings. The molecule has 0 unspecified atom stereocenters. The number of likely N-dealkylation sites (N-methyl/N-ethyl adjacent to an activating group) is 1. The van der Waals surface area contributed by atoms with Crippen molar-refractivity contribution in [1.82, 2.24) is 4.90 Å². The van der Waals surface area contributed by atoms with E-state index >= 15 is 0 Å². The first-order chi connectivity index (χ1) is 8.27. The number of hydrogen-bond donors (Lipinski definition) is 2. The van der Waals surface area contributed by atoms with Crippen LogP contribution in [0.4, 0.5) is 10.7 Å². The molecular weight excluding hydrogens is 272 g/mol. The number of rotatable bonds is 5. The number of nitrogen functional groups attached to an aromatic ring is 1. The van der Waals surface area contributed by atoms with E-state index in [1.165, 1.54) is 0 Å². The largest absolute Gasteiger partial charge is 0.396 e. The zero-order chi connectivity index (χ0) is 13.9. The van der Waals surface area contributed by atoms with E-state index in [-0.39, 0.29) is 15.5 Å². The summed E-state index contributed by atoms with van der Waals surface area (Å²) < 4.78 is 23.3. The third kappa shape index (κ3) is 3.35. The third-order valence-electron chi connectivity index (χ3n) is 2.22. The molecule has 6 nitrogen and oxygen atoms in total. The van der Waals surface area contributed by atoms with Crippen LogP contribution in [0.15, 0.2) is 4.90 Å². The summed E-state index contributed by atoms with van der Waals surface area (Å²) in [6, 6.07) is 1.91. The van der Waals surface area contributed by atoms with Crippen molar-refractivity contribution in [2.45, 2.75) is 4.90 Å². The summed E-state index contributed by atoms with van der Waals surface area (Å²) in [6.07, 6.45) is 1.09. The average Bonchev–Trinajstić information content (AvgIpc) is 2.53. The van der Waals surface area contributed by atoms with E-state index in [2.05, 4.69) is 5.32 Å². The molecule has 0 spiro atoms. The first kappa shape index (κ1) is 14.8. The zero-order valence-corrected chi connectivity index (χ0v) is 12.2. The normalized spacial score (nSPS) is 11.5. The number of nitriles is 1. The van der Waals surface area contributed by atoms with Gasteiger partial charge in [-0.3, -0.25) is 0 Å². The molecule has 100 valence electrons. The quantitative estimate of drug-likeness (QED) is 0.822. The van der Waals surface area contributed by atoms with Crippen LogP contribution in [0.3, 0.4) is 0 Å². The number of hydrogen-bond acceptors (Lipinski definition) is 7. The van der Waals surface area contributed by atoms with Gasteiger partial charge < -0.3 is 16.0 Å². The molecule has 0 atom stereocenters. The minimum atomic E-state index is -3.45. The molecule has 0 saturated carbocycles. The van der Waals surface area contributed by atoms with Crippen molar-refractivity contribution in [3.63, 3.8) is 0 Å². The van der Waals surface area contributed by atoms with E-state index in [1.54, 1.807) is 0 Å². The fraction of sp³-hybridized carbons (Fsp3) is 0.500. The molecule has 1 heterocycles. The highest BCUT2D eigenvalue weighted by Gasteiger charge is 2.23. The average molecular weight is 288 g/mol. The Morgan fingerprint density at radius 2 is 2.11 bits per heavy atom. The second-order valence-corrected chi connectivity index (χ2v) is 7.09. The predicted octanol–water partition coefficient (Wildman–Crippen LogP) is 0.579. The molecule has 0 fully saturated rings. The molecule has 8 heteroatoms. The van der Waals surface area contributed by atoms with Crippen molar-refractivity contribution >= 4 is 31.9 Å². The second kappa shape index (κ2) is 5.56. The second-order valence-electron chi connectivity index (χ2n) is 4.12. The van der Waals surface area contributed by atoms with Crippen molar-refractivity contribution in [1.29, 1.82) is 5.26 Å². The molecule has 1 aromatic heterocycles. The fourth-order valence-corrected chi connectivity index (χ4v) is 3.78. The van der Waals surface area contributed by atoms with Gasteiger partial charge in [0.25, 0.3) is 0 Å². The smallest absolute Gasteiger partial charge is 0.180 e. The van der Waals surface area contributed by atoms with Crippen molar-refractivity contribution in [2.24, 2.45) is 0 Å². The van der Waals surface area contributed by atoms with E-state index in [4.69, 9.17) is 11.0 Å². The van der Waals surface area contributed by atoms with Gasteiger partial charge in [0, 0.05) is 19.3 Å². The lowest BCUT2D eigenvalue weighted by molar-refractivity contribution is 0.425. The van der Waals surface area contributed by atoms with E-state index in [9.17, 15) is 8.42 Å². The first-order valence-corrected chi connectivity index (χ1v) is 7.89. The molecule has 0 radical (unpaired) electrons. The Morgan fingerprint density at radius 3 is 2.56 bits per heavy atom. The number of sulfone groups is 1. The summed E-state index contributed by atoms with van der Waals surface area (Å²) >= 11 is 1.07. The number of anilines is 2. The first-order valence-electron chi connectivity index (χ1n) is 5.18. The summed E-state index contributed by atoms with van der Waals surface area (Å²) in [5, 5.41) is 12.3. The van der Waals surface area contributed by atoms with Crippen LogP contribution in [-0.4, -0.2) is 46.8 Å². The molecule has 0 bridgehead atoms. The van der Waals surface area contributed by atoms with Gasteiger partial charge >= 0.3 is 0 Å². The maximum atomic E-state index is 11.7. The molecule has 0 aliphatic heterocycles.